The Morgan fingerprint density at radius 1 is 0.952 bits per heavy atom. The highest BCUT2D eigenvalue weighted by atomic mass is 19.4. The molecule has 9 heteroatoms. The molecule has 0 saturated heterocycles. The van der Waals surface area contributed by atoms with Gasteiger partial charge in [0.05, 0.1) is 11.5 Å². The lowest BCUT2D eigenvalue weighted by Crippen LogP contribution is -2.45. The van der Waals surface area contributed by atoms with Gasteiger partial charge in [0.2, 0.25) is 0 Å². The Bertz CT molecular complexity index is 529. The van der Waals surface area contributed by atoms with Gasteiger partial charge in [0.15, 0.2) is 5.78 Å². The summed E-state index contributed by atoms with van der Waals surface area (Å²) in [6.07, 6.45) is -11.1. The van der Waals surface area contributed by atoms with Gasteiger partial charge in [-0.2, -0.15) is 35.1 Å². The maximum atomic E-state index is 13.1. The van der Waals surface area contributed by atoms with Crippen LogP contribution in [0.5, 0.6) is 0 Å². The number of Topliss-reactive ketones (excluding diaryl/α,β-unsaturated/α-hetero) is 1. The van der Waals surface area contributed by atoms with Crippen LogP contribution in [-0.4, -0.2) is 17.9 Å². The van der Waals surface area contributed by atoms with Crippen LogP contribution in [-0.2, 0) is 6.18 Å². The van der Waals surface area contributed by atoms with Gasteiger partial charge in [0.25, 0.3) is 0 Å². The van der Waals surface area contributed by atoms with Crippen molar-refractivity contribution in [3.8, 4) is 0 Å². The number of alkyl halides is 8. The lowest BCUT2D eigenvalue weighted by atomic mass is 9.90. The standard InChI is InChI=1S/C12H8F8O/c1-6(10(13,14)12(18,19)20)9(21)7-4-2-3-5-8(7)11(15,16)17/h2-6H,1H3. The highest BCUT2D eigenvalue weighted by Crippen LogP contribution is 2.43. The molecule has 0 spiro atoms. The Balaban J connectivity index is 3.28. The second kappa shape index (κ2) is 5.27. The maximum absolute atomic E-state index is 13.1. The number of carbonyl (C=O) groups is 1. The van der Waals surface area contributed by atoms with E-state index in [1.165, 1.54) is 0 Å². The Labute approximate surface area is 113 Å². The molecular weight excluding hydrogens is 312 g/mol. The molecule has 1 atom stereocenters. The first-order valence-corrected chi connectivity index (χ1v) is 5.45. The molecule has 1 aromatic carbocycles. The van der Waals surface area contributed by atoms with Crippen molar-refractivity contribution in [2.24, 2.45) is 5.92 Å². The quantitative estimate of drug-likeness (QED) is 0.582. The molecule has 0 fully saturated rings. The monoisotopic (exact) mass is 320 g/mol. The first-order chi connectivity index (χ1) is 9.30. The third-order valence-corrected chi connectivity index (χ3v) is 2.81. The second-order valence-electron chi connectivity index (χ2n) is 4.25. The summed E-state index contributed by atoms with van der Waals surface area (Å²) in [5.74, 6) is -10.3. The van der Waals surface area contributed by atoms with E-state index in [2.05, 4.69) is 0 Å². The molecule has 0 amide bonds. The van der Waals surface area contributed by atoms with Crippen molar-refractivity contribution in [3.63, 3.8) is 0 Å². The molecule has 118 valence electrons. The zero-order chi connectivity index (χ0) is 16.6. The second-order valence-corrected chi connectivity index (χ2v) is 4.25. The Morgan fingerprint density at radius 2 is 1.43 bits per heavy atom. The predicted molar refractivity (Wildman–Crippen MR) is 55.9 cm³/mol. The van der Waals surface area contributed by atoms with Crippen LogP contribution < -0.4 is 0 Å². The van der Waals surface area contributed by atoms with Crippen LogP contribution in [0, 0.1) is 5.92 Å². The van der Waals surface area contributed by atoms with Gasteiger partial charge in [0.1, 0.15) is 0 Å². The summed E-state index contributed by atoms with van der Waals surface area (Å²) in [6, 6.07) is 2.84. The van der Waals surface area contributed by atoms with Crippen LogP contribution in [0.15, 0.2) is 24.3 Å². The van der Waals surface area contributed by atoms with Gasteiger partial charge < -0.3 is 0 Å². The highest BCUT2D eigenvalue weighted by Gasteiger charge is 2.63. The van der Waals surface area contributed by atoms with Crippen LogP contribution >= 0.6 is 0 Å². The zero-order valence-electron chi connectivity index (χ0n) is 10.3. The normalized spacial score (nSPS) is 14.9. The molecule has 0 radical (unpaired) electrons. The van der Waals surface area contributed by atoms with E-state index < -0.39 is 41.1 Å². The number of rotatable bonds is 3. The van der Waals surface area contributed by atoms with Gasteiger partial charge in [-0.05, 0) is 13.0 Å². The molecule has 0 heterocycles. The molecule has 0 aromatic heterocycles. The molecule has 21 heavy (non-hydrogen) atoms. The lowest BCUT2D eigenvalue weighted by molar-refractivity contribution is -0.293. The van der Waals surface area contributed by atoms with Crippen LogP contribution in [0.4, 0.5) is 35.1 Å². The van der Waals surface area contributed by atoms with Crippen LogP contribution in [0.3, 0.4) is 0 Å². The Hall–Kier alpha value is -1.67. The van der Waals surface area contributed by atoms with Gasteiger partial charge in [0, 0.05) is 5.56 Å². The molecule has 0 aliphatic carbocycles. The van der Waals surface area contributed by atoms with Crippen LogP contribution in [0.1, 0.15) is 22.8 Å². The predicted octanol–water partition coefficient (Wildman–Crippen LogP) is 4.72. The van der Waals surface area contributed by atoms with E-state index >= 15 is 0 Å². The van der Waals surface area contributed by atoms with Gasteiger partial charge in [-0.15, -0.1) is 0 Å². The first-order valence-electron chi connectivity index (χ1n) is 5.45. The minimum Gasteiger partial charge on any atom is -0.294 e. The molecule has 1 aromatic rings. The molecule has 0 aliphatic heterocycles. The smallest absolute Gasteiger partial charge is 0.294 e. The zero-order valence-corrected chi connectivity index (χ0v) is 10.3. The molecule has 1 rings (SSSR count). The third kappa shape index (κ3) is 3.33. The molecular formula is C12H8F8O. The lowest BCUT2D eigenvalue weighted by Gasteiger charge is -2.25. The number of hydrogen-bond donors (Lipinski definition) is 0. The highest BCUT2D eigenvalue weighted by molar-refractivity contribution is 5.99. The van der Waals surface area contributed by atoms with Crippen molar-refractivity contribution in [2.45, 2.75) is 25.2 Å². The number of benzene rings is 1. The number of hydrogen-bond acceptors (Lipinski definition) is 1. The third-order valence-electron chi connectivity index (χ3n) is 2.81. The van der Waals surface area contributed by atoms with Gasteiger partial charge in [-0.1, -0.05) is 18.2 Å². The summed E-state index contributed by atoms with van der Waals surface area (Å²) in [5, 5.41) is 0. The van der Waals surface area contributed by atoms with Gasteiger partial charge in [-0.3, -0.25) is 4.79 Å². The van der Waals surface area contributed by atoms with Crippen molar-refractivity contribution in [2.75, 3.05) is 0 Å². The minimum atomic E-state index is -6.03. The summed E-state index contributed by atoms with van der Waals surface area (Å²) < 4.78 is 101. The molecule has 0 saturated carbocycles. The van der Waals surface area contributed by atoms with E-state index in [-0.39, 0.29) is 6.92 Å². The number of carbonyl (C=O) groups excluding carboxylic acids is 1. The van der Waals surface area contributed by atoms with Crippen molar-refractivity contribution in [1.29, 1.82) is 0 Å². The van der Waals surface area contributed by atoms with Crippen LogP contribution in [0.2, 0.25) is 0 Å². The Morgan fingerprint density at radius 3 is 1.86 bits per heavy atom. The summed E-state index contributed by atoms with van der Waals surface area (Å²) in [7, 11) is 0. The van der Waals surface area contributed by atoms with E-state index in [1.54, 1.807) is 0 Å². The summed E-state index contributed by atoms with van der Waals surface area (Å²) in [6.45, 7) is 0.239. The Kier molecular flexibility index (Phi) is 4.36. The fourth-order valence-corrected chi connectivity index (χ4v) is 1.59. The van der Waals surface area contributed by atoms with Crippen LogP contribution in [0.25, 0.3) is 0 Å². The van der Waals surface area contributed by atoms with Crippen molar-refractivity contribution < 1.29 is 39.9 Å². The van der Waals surface area contributed by atoms with Crippen molar-refractivity contribution >= 4 is 5.78 Å². The van der Waals surface area contributed by atoms with E-state index in [0.717, 1.165) is 12.1 Å². The maximum Gasteiger partial charge on any atom is 0.454 e. The summed E-state index contributed by atoms with van der Waals surface area (Å²) >= 11 is 0. The number of halogens is 8. The molecule has 1 unspecified atom stereocenters. The molecule has 0 bridgehead atoms. The molecule has 0 N–H and O–H groups in total. The van der Waals surface area contributed by atoms with E-state index in [0.29, 0.717) is 12.1 Å². The minimum absolute atomic E-state index is 0.239. The van der Waals surface area contributed by atoms with E-state index in [1.807, 2.05) is 0 Å². The van der Waals surface area contributed by atoms with Gasteiger partial charge in [-0.25, -0.2) is 0 Å². The largest absolute Gasteiger partial charge is 0.454 e. The summed E-state index contributed by atoms with van der Waals surface area (Å²) in [5.41, 5.74) is -2.78. The van der Waals surface area contributed by atoms with Crippen molar-refractivity contribution in [1.82, 2.24) is 0 Å². The van der Waals surface area contributed by atoms with E-state index in [9.17, 15) is 39.9 Å². The average Bonchev–Trinajstić information content (AvgIpc) is 2.34. The van der Waals surface area contributed by atoms with Gasteiger partial charge >= 0.3 is 18.3 Å². The average molecular weight is 320 g/mol. The van der Waals surface area contributed by atoms with Crippen molar-refractivity contribution in [3.05, 3.63) is 35.4 Å². The fraction of sp³-hybridized carbons (Fsp3) is 0.417. The molecule has 1 nitrogen and oxygen atoms in total. The molecule has 0 aliphatic rings. The summed E-state index contributed by atoms with van der Waals surface area (Å²) in [4.78, 5) is 11.6. The van der Waals surface area contributed by atoms with E-state index in [4.69, 9.17) is 0 Å². The first kappa shape index (κ1) is 17.4. The topological polar surface area (TPSA) is 17.1 Å². The SMILES string of the molecule is CC(C(=O)c1ccccc1C(F)(F)F)C(F)(F)C(F)(F)F. The number of ketones is 1. The fourth-order valence-electron chi connectivity index (χ4n) is 1.59.